The molecule has 0 heterocycles. The van der Waals surface area contributed by atoms with Gasteiger partial charge in [0.05, 0.1) is 6.42 Å². The Bertz CT molecular complexity index is 366. The molecule has 0 aliphatic rings. The molecule has 0 amide bonds. The second kappa shape index (κ2) is 8.67. The van der Waals surface area contributed by atoms with Crippen LogP contribution in [0.15, 0.2) is 30.3 Å². The van der Waals surface area contributed by atoms with Crippen molar-refractivity contribution in [2.24, 2.45) is 0 Å². The summed E-state index contributed by atoms with van der Waals surface area (Å²) in [5.74, 6) is -0.731. The first kappa shape index (κ1) is 15.7. The highest BCUT2D eigenvalue weighted by Gasteiger charge is 2.08. The van der Waals surface area contributed by atoms with Crippen LogP contribution in [0, 0.1) is 0 Å². The monoisotopic (exact) mass is 264 g/mol. The fraction of sp³-hybridized carbons (Fsp3) is 0.533. The summed E-state index contributed by atoms with van der Waals surface area (Å²) in [5.41, 5.74) is 1.23. The molecule has 0 aromatic heterocycles. The summed E-state index contributed by atoms with van der Waals surface area (Å²) in [5, 5.41) is 8.81. The van der Waals surface area contributed by atoms with E-state index < -0.39 is 5.97 Å². The Kier molecular flexibility index (Phi) is 7.15. The van der Waals surface area contributed by atoms with Crippen molar-refractivity contribution in [1.82, 2.24) is 9.80 Å². The highest BCUT2D eigenvalue weighted by atomic mass is 16.4. The first-order chi connectivity index (χ1) is 9.08. The van der Waals surface area contributed by atoms with Crippen molar-refractivity contribution in [1.29, 1.82) is 0 Å². The van der Waals surface area contributed by atoms with E-state index in [0.717, 1.165) is 26.1 Å². The molecule has 0 aliphatic carbocycles. The van der Waals surface area contributed by atoms with Crippen LogP contribution in [0.3, 0.4) is 0 Å². The van der Waals surface area contributed by atoms with Gasteiger partial charge in [0.15, 0.2) is 0 Å². The van der Waals surface area contributed by atoms with E-state index >= 15 is 0 Å². The van der Waals surface area contributed by atoms with Crippen LogP contribution >= 0.6 is 0 Å². The van der Waals surface area contributed by atoms with Gasteiger partial charge in [-0.1, -0.05) is 30.3 Å². The molecule has 0 unspecified atom stereocenters. The van der Waals surface area contributed by atoms with Gasteiger partial charge in [0, 0.05) is 13.1 Å². The van der Waals surface area contributed by atoms with E-state index in [1.807, 2.05) is 18.2 Å². The molecule has 19 heavy (non-hydrogen) atoms. The number of carbonyl (C=O) groups is 1. The predicted octanol–water partition coefficient (Wildman–Crippen LogP) is 1.91. The van der Waals surface area contributed by atoms with Gasteiger partial charge in [-0.2, -0.15) is 0 Å². The maximum Gasteiger partial charge on any atom is 0.304 e. The zero-order chi connectivity index (χ0) is 14.1. The Labute approximate surface area is 115 Å². The minimum Gasteiger partial charge on any atom is -0.481 e. The maximum atomic E-state index is 10.7. The van der Waals surface area contributed by atoms with Crippen LogP contribution in [0.1, 0.15) is 18.4 Å². The van der Waals surface area contributed by atoms with Crippen LogP contribution in [-0.2, 0) is 11.3 Å². The maximum absolute atomic E-state index is 10.7. The van der Waals surface area contributed by atoms with Crippen molar-refractivity contribution in [2.45, 2.75) is 19.4 Å². The van der Waals surface area contributed by atoms with Crippen LogP contribution in [0.2, 0.25) is 0 Å². The number of carboxylic acids is 1. The van der Waals surface area contributed by atoms with Crippen molar-refractivity contribution < 1.29 is 9.90 Å². The topological polar surface area (TPSA) is 43.8 Å². The van der Waals surface area contributed by atoms with E-state index in [0.29, 0.717) is 6.54 Å². The second-order valence-corrected chi connectivity index (χ2v) is 5.06. The van der Waals surface area contributed by atoms with Crippen LogP contribution in [0.25, 0.3) is 0 Å². The highest BCUT2D eigenvalue weighted by molar-refractivity contribution is 5.66. The molecule has 0 radical (unpaired) electrons. The quantitative estimate of drug-likeness (QED) is 0.740. The third-order valence-corrected chi connectivity index (χ3v) is 2.97. The molecule has 0 saturated heterocycles. The van der Waals surface area contributed by atoms with E-state index in [9.17, 15) is 4.79 Å². The average Bonchev–Trinajstić information content (AvgIpc) is 2.36. The average molecular weight is 264 g/mol. The molecule has 106 valence electrons. The van der Waals surface area contributed by atoms with Crippen LogP contribution in [0.4, 0.5) is 0 Å². The smallest absolute Gasteiger partial charge is 0.304 e. The third-order valence-electron chi connectivity index (χ3n) is 2.97. The Morgan fingerprint density at radius 3 is 2.37 bits per heavy atom. The molecule has 0 fully saturated rings. The first-order valence-corrected chi connectivity index (χ1v) is 6.70. The van der Waals surface area contributed by atoms with Gasteiger partial charge in [-0.15, -0.1) is 0 Å². The van der Waals surface area contributed by atoms with E-state index in [-0.39, 0.29) is 6.42 Å². The zero-order valence-corrected chi connectivity index (χ0v) is 11.9. The number of hydrogen-bond acceptors (Lipinski definition) is 3. The van der Waals surface area contributed by atoms with Crippen molar-refractivity contribution in [3.05, 3.63) is 35.9 Å². The molecule has 0 atom stereocenters. The van der Waals surface area contributed by atoms with Crippen molar-refractivity contribution >= 4 is 5.97 Å². The highest BCUT2D eigenvalue weighted by Crippen LogP contribution is 2.06. The van der Waals surface area contributed by atoms with E-state index in [1.54, 1.807) is 0 Å². The van der Waals surface area contributed by atoms with E-state index in [1.165, 1.54) is 5.56 Å². The predicted molar refractivity (Wildman–Crippen MR) is 77.1 cm³/mol. The molecular weight excluding hydrogens is 240 g/mol. The van der Waals surface area contributed by atoms with Gasteiger partial charge in [-0.3, -0.25) is 9.69 Å². The van der Waals surface area contributed by atoms with E-state index in [4.69, 9.17) is 5.11 Å². The standard InChI is InChI=1S/C15H24N2O2/c1-16(2)10-6-11-17(12-9-15(18)19)13-14-7-4-3-5-8-14/h3-5,7-8H,6,9-13H2,1-2H3,(H,18,19). The number of benzene rings is 1. The van der Waals surface area contributed by atoms with Gasteiger partial charge < -0.3 is 10.0 Å². The molecule has 1 aromatic rings. The Morgan fingerprint density at radius 2 is 1.79 bits per heavy atom. The summed E-state index contributed by atoms with van der Waals surface area (Å²) < 4.78 is 0. The molecule has 0 bridgehead atoms. The lowest BCUT2D eigenvalue weighted by molar-refractivity contribution is -0.137. The van der Waals surface area contributed by atoms with Gasteiger partial charge in [0.2, 0.25) is 0 Å². The number of carboxylic acid groups (broad SMARTS) is 1. The fourth-order valence-corrected chi connectivity index (χ4v) is 1.98. The van der Waals surface area contributed by atoms with Crippen molar-refractivity contribution in [2.75, 3.05) is 33.7 Å². The van der Waals surface area contributed by atoms with Crippen molar-refractivity contribution in [3.63, 3.8) is 0 Å². The number of aliphatic carboxylic acids is 1. The van der Waals surface area contributed by atoms with Gasteiger partial charge in [0.25, 0.3) is 0 Å². The number of nitrogens with zero attached hydrogens (tertiary/aromatic N) is 2. The Balaban J connectivity index is 2.46. The van der Waals surface area contributed by atoms with Crippen LogP contribution in [0.5, 0.6) is 0 Å². The SMILES string of the molecule is CN(C)CCCN(CCC(=O)O)Cc1ccccc1. The molecule has 0 saturated carbocycles. The molecule has 1 rings (SSSR count). The van der Waals surface area contributed by atoms with E-state index in [2.05, 4.69) is 36.0 Å². The van der Waals surface area contributed by atoms with Gasteiger partial charge >= 0.3 is 5.97 Å². The number of rotatable bonds is 9. The Hall–Kier alpha value is -1.39. The molecule has 4 nitrogen and oxygen atoms in total. The summed E-state index contributed by atoms with van der Waals surface area (Å²) in [7, 11) is 4.11. The molecular formula is C15H24N2O2. The van der Waals surface area contributed by atoms with Crippen molar-refractivity contribution in [3.8, 4) is 0 Å². The summed E-state index contributed by atoms with van der Waals surface area (Å²) in [4.78, 5) is 15.1. The summed E-state index contributed by atoms with van der Waals surface area (Å²) in [6.45, 7) is 3.39. The number of hydrogen-bond donors (Lipinski definition) is 1. The lowest BCUT2D eigenvalue weighted by atomic mass is 10.2. The minimum absolute atomic E-state index is 0.203. The molecule has 0 aliphatic heterocycles. The lowest BCUT2D eigenvalue weighted by Crippen LogP contribution is -2.29. The minimum atomic E-state index is -0.731. The molecule has 4 heteroatoms. The largest absolute Gasteiger partial charge is 0.481 e. The zero-order valence-electron chi connectivity index (χ0n) is 11.9. The van der Waals surface area contributed by atoms with Gasteiger partial charge in [-0.05, 0) is 39.2 Å². The Morgan fingerprint density at radius 1 is 1.11 bits per heavy atom. The lowest BCUT2D eigenvalue weighted by Gasteiger charge is -2.22. The fourth-order valence-electron chi connectivity index (χ4n) is 1.98. The van der Waals surface area contributed by atoms with Gasteiger partial charge in [0.1, 0.15) is 0 Å². The molecule has 0 spiro atoms. The molecule has 1 N–H and O–H groups in total. The molecule has 1 aromatic carbocycles. The summed E-state index contributed by atoms with van der Waals surface area (Å²) >= 11 is 0. The third kappa shape index (κ3) is 7.59. The van der Waals surface area contributed by atoms with Crippen LogP contribution in [-0.4, -0.2) is 54.6 Å². The summed E-state index contributed by atoms with van der Waals surface area (Å²) in [6.07, 6.45) is 1.26. The van der Waals surface area contributed by atoms with Crippen LogP contribution < -0.4 is 0 Å². The summed E-state index contributed by atoms with van der Waals surface area (Å²) in [6, 6.07) is 10.2. The first-order valence-electron chi connectivity index (χ1n) is 6.70. The second-order valence-electron chi connectivity index (χ2n) is 5.06. The van der Waals surface area contributed by atoms with Gasteiger partial charge in [-0.25, -0.2) is 0 Å². The normalized spacial score (nSPS) is 11.2.